The van der Waals surface area contributed by atoms with E-state index in [9.17, 15) is 0 Å². The van der Waals surface area contributed by atoms with Crippen molar-refractivity contribution in [2.75, 3.05) is 0 Å². The van der Waals surface area contributed by atoms with Crippen molar-refractivity contribution in [3.05, 3.63) is 199 Å². The zero-order chi connectivity index (χ0) is 40.5. The number of nitrogens with zero attached hydrogens (tertiary/aromatic N) is 3. The van der Waals surface area contributed by atoms with Gasteiger partial charge in [0.05, 0.1) is 28.6 Å². The molecule has 13 rings (SSSR count). The molecule has 0 aliphatic heterocycles. The average Bonchev–Trinajstić information content (AvgIpc) is 3.82. The molecule has 0 saturated carbocycles. The van der Waals surface area contributed by atoms with E-state index >= 15 is 0 Å². The Bertz CT molecular complexity index is 4070. The van der Waals surface area contributed by atoms with Crippen LogP contribution in [0.3, 0.4) is 0 Å². The van der Waals surface area contributed by atoms with Crippen LogP contribution in [-0.2, 0) is 0 Å². The maximum Gasteiger partial charge on any atom is 0.187 e. The van der Waals surface area contributed by atoms with Gasteiger partial charge >= 0.3 is 0 Å². The number of benzene rings is 11. The Morgan fingerprint density at radius 3 is 1.20 bits per heavy atom. The van der Waals surface area contributed by atoms with E-state index in [1.54, 1.807) is 0 Å². The van der Waals surface area contributed by atoms with Gasteiger partial charge in [0, 0.05) is 32.9 Å². The van der Waals surface area contributed by atoms with E-state index in [1.807, 2.05) is 6.07 Å². The van der Waals surface area contributed by atoms with Crippen molar-refractivity contribution in [3.63, 3.8) is 0 Å². The minimum absolute atomic E-state index is 0.380. The number of aromatic nitrogens is 2. The molecule has 0 unspecified atom stereocenters. The summed E-state index contributed by atoms with van der Waals surface area (Å²) in [5, 5.41) is 19.5. The quantitative estimate of drug-likeness (QED) is 0.0964. The van der Waals surface area contributed by atoms with Crippen molar-refractivity contribution >= 4 is 114 Å². The molecule has 0 radical (unpaired) electrons. The lowest BCUT2D eigenvalue weighted by molar-refractivity contribution is 0.869. The topological polar surface area (TPSA) is 14.2 Å². The van der Waals surface area contributed by atoms with Crippen LogP contribution in [0.5, 0.6) is 0 Å². The van der Waals surface area contributed by atoms with E-state index in [1.165, 1.54) is 103 Å². The third-order valence-electron chi connectivity index (χ3n) is 13.4. The largest absolute Gasteiger partial charge is 0.309 e. The standard InChI is InChI=1S/C58H37N3/c1-34(2)35-22-24-39-43(26-35)45-28-48-46(29-47(45)49-30-53-41-18-10-12-20-55(41)60(57(53)32-51(39)49)37-14-6-4-7-15-37)44-27-36(59-3)23-25-40(44)52-33-58-54(31-50(48)52)42-19-11-13-21-56(42)61(58)38-16-8-5-9-17-38/h4-34H,1-2H3. The van der Waals surface area contributed by atoms with Crippen LogP contribution in [0.4, 0.5) is 5.69 Å². The predicted octanol–water partition coefficient (Wildman–Crippen LogP) is 16.5. The molecule has 0 atom stereocenters. The van der Waals surface area contributed by atoms with Crippen LogP contribution in [0.25, 0.3) is 124 Å². The second-order valence-electron chi connectivity index (χ2n) is 17.0. The molecule has 0 aliphatic carbocycles. The molecule has 0 amide bonds. The van der Waals surface area contributed by atoms with Crippen molar-refractivity contribution in [1.82, 2.24) is 9.13 Å². The molecule has 11 aromatic carbocycles. The molecule has 3 heteroatoms. The number of rotatable bonds is 3. The van der Waals surface area contributed by atoms with E-state index in [0.29, 0.717) is 11.6 Å². The van der Waals surface area contributed by atoms with Crippen molar-refractivity contribution in [3.8, 4) is 11.4 Å². The minimum Gasteiger partial charge on any atom is -0.309 e. The Hall–Kier alpha value is -7.93. The van der Waals surface area contributed by atoms with Gasteiger partial charge in [-0.05, 0) is 155 Å². The van der Waals surface area contributed by atoms with Gasteiger partial charge in [0.25, 0.3) is 0 Å². The van der Waals surface area contributed by atoms with Gasteiger partial charge in [0.2, 0.25) is 0 Å². The molecule has 0 bridgehead atoms. The molecular weight excluding hydrogens is 739 g/mol. The van der Waals surface area contributed by atoms with Gasteiger partial charge in [-0.25, -0.2) is 4.85 Å². The van der Waals surface area contributed by atoms with E-state index in [2.05, 4.69) is 204 Å². The molecule has 284 valence electrons. The van der Waals surface area contributed by atoms with E-state index in [0.717, 1.165) is 22.1 Å². The summed E-state index contributed by atoms with van der Waals surface area (Å²) in [6.45, 7) is 12.7. The molecule has 0 fully saturated rings. The molecule has 0 N–H and O–H groups in total. The summed E-state index contributed by atoms with van der Waals surface area (Å²) in [7, 11) is 0. The van der Waals surface area contributed by atoms with Crippen molar-refractivity contribution in [2.45, 2.75) is 19.8 Å². The summed E-state index contributed by atoms with van der Waals surface area (Å²) in [4.78, 5) is 3.95. The first kappa shape index (κ1) is 34.0. The molecule has 0 aliphatic rings. The summed E-state index contributed by atoms with van der Waals surface area (Å²) in [6, 6.07) is 67.0. The highest BCUT2D eigenvalue weighted by Crippen LogP contribution is 2.47. The molecular formula is C58H37N3. The third-order valence-corrected chi connectivity index (χ3v) is 13.4. The Balaban J connectivity index is 1.24. The highest BCUT2D eigenvalue weighted by atomic mass is 15.0. The first-order chi connectivity index (χ1) is 30.0. The normalized spacial score (nSPS) is 12.2. The summed E-state index contributed by atoms with van der Waals surface area (Å²) in [5.74, 6) is 0.380. The smallest absolute Gasteiger partial charge is 0.187 e. The number of hydrogen-bond donors (Lipinski definition) is 0. The monoisotopic (exact) mass is 775 g/mol. The number of fused-ring (bicyclic) bond motifs is 18. The van der Waals surface area contributed by atoms with Crippen molar-refractivity contribution in [1.29, 1.82) is 0 Å². The minimum atomic E-state index is 0.380. The van der Waals surface area contributed by atoms with Crippen LogP contribution in [0.2, 0.25) is 0 Å². The summed E-state index contributed by atoms with van der Waals surface area (Å²) < 4.78 is 4.82. The zero-order valence-corrected chi connectivity index (χ0v) is 33.7. The molecule has 0 spiro atoms. The summed E-state index contributed by atoms with van der Waals surface area (Å²) in [5.41, 5.74) is 9.02. The Labute approximate surface area is 351 Å². The Kier molecular flexibility index (Phi) is 6.99. The second kappa shape index (κ2) is 12.5. The first-order valence-corrected chi connectivity index (χ1v) is 21.1. The molecule has 2 aromatic heterocycles. The van der Waals surface area contributed by atoms with E-state index in [4.69, 9.17) is 6.57 Å². The number of para-hydroxylation sites is 4. The van der Waals surface area contributed by atoms with Gasteiger partial charge in [-0.1, -0.05) is 117 Å². The SMILES string of the molecule is [C-]#[N+]c1ccc2c(c1)c1cc3c(cc1c1cc4c5ccccc5n(-c5ccccc5)c4cc21)c1cc(C(C)C)ccc1c1cc2c(cc31)c1ccccc1n2-c1ccccc1. The fourth-order valence-corrected chi connectivity index (χ4v) is 10.6. The van der Waals surface area contributed by atoms with Gasteiger partial charge in [-0.3, -0.25) is 0 Å². The van der Waals surface area contributed by atoms with Gasteiger partial charge in [-0.15, -0.1) is 0 Å². The molecule has 2 heterocycles. The molecule has 3 nitrogen and oxygen atoms in total. The molecule has 13 aromatic rings. The summed E-state index contributed by atoms with van der Waals surface area (Å²) in [6.07, 6.45) is 0. The van der Waals surface area contributed by atoms with Crippen LogP contribution >= 0.6 is 0 Å². The third kappa shape index (κ3) is 4.73. The van der Waals surface area contributed by atoms with Gasteiger partial charge in [0.1, 0.15) is 0 Å². The van der Waals surface area contributed by atoms with Crippen molar-refractivity contribution in [2.24, 2.45) is 0 Å². The van der Waals surface area contributed by atoms with E-state index in [-0.39, 0.29) is 0 Å². The lowest BCUT2D eigenvalue weighted by Gasteiger charge is -2.17. The fraction of sp³-hybridized carbons (Fsp3) is 0.0517. The predicted molar refractivity (Wildman–Crippen MR) is 261 cm³/mol. The van der Waals surface area contributed by atoms with Crippen LogP contribution < -0.4 is 0 Å². The Morgan fingerprint density at radius 1 is 0.328 bits per heavy atom. The zero-order valence-electron chi connectivity index (χ0n) is 33.7. The molecule has 0 saturated heterocycles. The number of hydrogen-bond acceptors (Lipinski definition) is 0. The highest BCUT2D eigenvalue weighted by Gasteiger charge is 2.21. The fourth-order valence-electron chi connectivity index (χ4n) is 10.6. The van der Waals surface area contributed by atoms with Gasteiger partial charge < -0.3 is 9.13 Å². The summed E-state index contributed by atoms with van der Waals surface area (Å²) >= 11 is 0. The van der Waals surface area contributed by atoms with Crippen molar-refractivity contribution < 1.29 is 0 Å². The van der Waals surface area contributed by atoms with E-state index < -0.39 is 0 Å². The van der Waals surface area contributed by atoms with Gasteiger partial charge in [-0.2, -0.15) is 0 Å². The molecule has 61 heavy (non-hydrogen) atoms. The average molecular weight is 776 g/mol. The van der Waals surface area contributed by atoms with Crippen LogP contribution in [0.15, 0.2) is 182 Å². The maximum atomic E-state index is 8.09. The maximum absolute atomic E-state index is 8.09. The van der Waals surface area contributed by atoms with Gasteiger partial charge in [0.15, 0.2) is 5.69 Å². The van der Waals surface area contributed by atoms with Crippen LogP contribution in [0.1, 0.15) is 25.3 Å². The second-order valence-corrected chi connectivity index (χ2v) is 17.0. The highest BCUT2D eigenvalue weighted by molar-refractivity contribution is 6.35. The lowest BCUT2D eigenvalue weighted by atomic mass is 9.86. The Morgan fingerprint density at radius 2 is 0.721 bits per heavy atom. The lowest BCUT2D eigenvalue weighted by Crippen LogP contribution is -1.94. The first-order valence-electron chi connectivity index (χ1n) is 21.1. The van der Waals surface area contributed by atoms with Crippen LogP contribution in [0, 0.1) is 6.57 Å². The van der Waals surface area contributed by atoms with Crippen LogP contribution in [-0.4, -0.2) is 9.13 Å².